The predicted octanol–water partition coefficient (Wildman–Crippen LogP) is 2.81. The van der Waals surface area contributed by atoms with Crippen LogP contribution in [-0.2, 0) is 16.0 Å². The van der Waals surface area contributed by atoms with Crippen molar-refractivity contribution in [3.8, 4) is 0 Å². The highest BCUT2D eigenvalue weighted by Gasteiger charge is 2.22. The van der Waals surface area contributed by atoms with Crippen LogP contribution in [0.5, 0.6) is 0 Å². The molecule has 2 aromatic carbocycles. The Morgan fingerprint density at radius 1 is 1.04 bits per heavy atom. The minimum absolute atomic E-state index is 0.0839. The lowest BCUT2D eigenvalue weighted by Gasteiger charge is -2.14. The Bertz CT molecular complexity index is 699. The maximum absolute atomic E-state index is 13.9. The van der Waals surface area contributed by atoms with Crippen LogP contribution in [-0.4, -0.2) is 23.0 Å². The monoisotopic (exact) mass is 313 g/mol. The van der Waals surface area contributed by atoms with E-state index < -0.39 is 23.7 Å². The van der Waals surface area contributed by atoms with Crippen LogP contribution in [0.25, 0.3) is 6.08 Å². The maximum atomic E-state index is 13.9. The van der Waals surface area contributed by atoms with E-state index in [0.29, 0.717) is 5.56 Å². The first-order valence-corrected chi connectivity index (χ1v) is 7.06. The van der Waals surface area contributed by atoms with E-state index in [0.717, 1.165) is 11.6 Å². The number of nitrogens with one attached hydrogen (secondary N) is 1. The molecule has 0 aliphatic carbocycles. The lowest BCUT2D eigenvalue weighted by Crippen LogP contribution is -2.42. The molecule has 0 aromatic heterocycles. The quantitative estimate of drug-likeness (QED) is 0.806. The van der Waals surface area contributed by atoms with Crippen LogP contribution in [0, 0.1) is 0 Å². The number of hydrogen-bond donors (Lipinski definition) is 2. The number of carboxylic acids is 1. The number of carbonyl (C=O) groups excluding carboxylic acids is 1. The summed E-state index contributed by atoms with van der Waals surface area (Å²) in [7, 11) is 0. The fourth-order valence-corrected chi connectivity index (χ4v) is 2.04. The highest BCUT2D eigenvalue weighted by molar-refractivity contribution is 5.97. The van der Waals surface area contributed by atoms with Crippen LogP contribution in [0.2, 0.25) is 0 Å². The third-order valence-electron chi connectivity index (χ3n) is 3.20. The van der Waals surface area contributed by atoms with Crippen LogP contribution in [0.1, 0.15) is 11.1 Å². The van der Waals surface area contributed by atoms with Crippen LogP contribution >= 0.6 is 0 Å². The van der Waals surface area contributed by atoms with E-state index in [1.165, 1.54) is 0 Å². The first kappa shape index (κ1) is 16.4. The summed E-state index contributed by atoms with van der Waals surface area (Å²) in [6, 6.07) is 16.1. The number of carboxylic acid groups (broad SMARTS) is 1. The molecule has 2 rings (SSSR count). The minimum Gasteiger partial charge on any atom is -0.480 e. The van der Waals surface area contributed by atoms with Gasteiger partial charge in [-0.1, -0.05) is 60.7 Å². The number of amides is 1. The second kappa shape index (κ2) is 7.89. The van der Waals surface area contributed by atoms with Gasteiger partial charge in [-0.15, -0.1) is 0 Å². The lowest BCUT2D eigenvalue weighted by atomic mass is 10.1. The summed E-state index contributed by atoms with van der Waals surface area (Å²) in [6.45, 7) is 0. The van der Waals surface area contributed by atoms with Crippen molar-refractivity contribution in [3.05, 3.63) is 77.6 Å². The molecule has 0 saturated heterocycles. The summed E-state index contributed by atoms with van der Waals surface area (Å²) < 4.78 is 13.9. The molecule has 1 atom stereocenters. The van der Waals surface area contributed by atoms with Crippen LogP contribution in [0.4, 0.5) is 4.39 Å². The van der Waals surface area contributed by atoms with Gasteiger partial charge in [0.2, 0.25) is 0 Å². The molecule has 0 heterocycles. The van der Waals surface area contributed by atoms with Gasteiger partial charge in [0.25, 0.3) is 5.91 Å². The van der Waals surface area contributed by atoms with Crippen molar-refractivity contribution in [3.63, 3.8) is 0 Å². The van der Waals surface area contributed by atoms with Gasteiger partial charge in [0.1, 0.15) is 6.04 Å². The van der Waals surface area contributed by atoms with Crippen LogP contribution in [0.3, 0.4) is 0 Å². The fraction of sp³-hybridized carbons (Fsp3) is 0.111. The Morgan fingerprint density at radius 2 is 1.61 bits per heavy atom. The van der Waals surface area contributed by atoms with Crippen LogP contribution in [0.15, 0.2) is 66.5 Å². The Morgan fingerprint density at radius 3 is 2.17 bits per heavy atom. The first-order chi connectivity index (χ1) is 11.1. The molecule has 0 spiro atoms. The molecule has 0 aliphatic heterocycles. The van der Waals surface area contributed by atoms with Gasteiger partial charge in [0.15, 0.2) is 5.83 Å². The molecule has 118 valence electrons. The molecule has 4 nitrogen and oxygen atoms in total. The van der Waals surface area contributed by atoms with E-state index in [2.05, 4.69) is 5.32 Å². The van der Waals surface area contributed by atoms with Crippen LogP contribution < -0.4 is 5.32 Å². The summed E-state index contributed by atoms with van der Waals surface area (Å²) >= 11 is 0. The van der Waals surface area contributed by atoms with Crippen molar-refractivity contribution in [2.24, 2.45) is 0 Å². The average molecular weight is 313 g/mol. The third kappa shape index (κ3) is 5.07. The second-order valence-electron chi connectivity index (χ2n) is 4.96. The molecule has 1 amide bonds. The maximum Gasteiger partial charge on any atom is 0.326 e. The standard InChI is InChI=1S/C18H16FNO3/c19-15(11-13-7-3-1-4-8-13)17(21)20-16(18(22)23)12-14-9-5-2-6-10-14/h1-11,16H,12H2,(H,20,21)(H,22,23). The summed E-state index contributed by atoms with van der Waals surface area (Å²) in [5.74, 6) is -3.29. The van der Waals surface area contributed by atoms with Gasteiger partial charge in [-0.3, -0.25) is 4.79 Å². The number of benzene rings is 2. The lowest BCUT2D eigenvalue weighted by molar-refractivity contribution is -0.141. The Kier molecular flexibility index (Phi) is 5.63. The van der Waals surface area contributed by atoms with Gasteiger partial charge in [-0.25, -0.2) is 9.18 Å². The molecule has 0 radical (unpaired) electrons. The first-order valence-electron chi connectivity index (χ1n) is 7.06. The SMILES string of the molecule is O=C(NC(Cc1ccccc1)C(=O)O)C(F)=Cc1ccccc1. The van der Waals surface area contributed by atoms with Crippen molar-refractivity contribution in [2.75, 3.05) is 0 Å². The van der Waals surface area contributed by atoms with Crippen molar-refractivity contribution in [1.29, 1.82) is 0 Å². The average Bonchev–Trinajstić information content (AvgIpc) is 2.56. The van der Waals surface area contributed by atoms with E-state index in [4.69, 9.17) is 0 Å². The Labute approximate surface area is 133 Å². The van der Waals surface area contributed by atoms with Gasteiger partial charge >= 0.3 is 5.97 Å². The molecule has 1 unspecified atom stereocenters. The highest BCUT2D eigenvalue weighted by atomic mass is 19.1. The van der Waals surface area contributed by atoms with Gasteiger partial charge < -0.3 is 10.4 Å². The van der Waals surface area contributed by atoms with E-state index in [1.54, 1.807) is 60.7 Å². The second-order valence-corrected chi connectivity index (χ2v) is 4.96. The number of rotatable bonds is 6. The molecule has 0 bridgehead atoms. The number of hydrogen-bond acceptors (Lipinski definition) is 2. The zero-order chi connectivity index (χ0) is 16.7. The van der Waals surface area contributed by atoms with Gasteiger partial charge in [-0.2, -0.15) is 0 Å². The van der Waals surface area contributed by atoms with Gasteiger partial charge in [-0.05, 0) is 17.2 Å². The Balaban J connectivity index is 2.06. The van der Waals surface area contributed by atoms with E-state index in [1.807, 2.05) is 0 Å². The molecule has 23 heavy (non-hydrogen) atoms. The van der Waals surface area contributed by atoms with Gasteiger partial charge in [0.05, 0.1) is 0 Å². The summed E-state index contributed by atoms with van der Waals surface area (Å²) in [5, 5.41) is 11.4. The van der Waals surface area contributed by atoms with Crippen molar-refractivity contribution in [2.45, 2.75) is 12.5 Å². The summed E-state index contributed by atoms with van der Waals surface area (Å²) in [5.41, 5.74) is 1.27. The number of aliphatic carboxylic acids is 1. The zero-order valence-electron chi connectivity index (χ0n) is 12.3. The molecular weight excluding hydrogens is 297 g/mol. The molecule has 0 saturated carbocycles. The molecule has 5 heteroatoms. The number of carbonyl (C=O) groups is 2. The molecule has 2 N–H and O–H groups in total. The highest BCUT2D eigenvalue weighted by Crippen LogP contribution is 2.09. The largest absolute Gasteiger partial charge is 0.480 e. The van der Waals surface area contributed by atoms with E-state index in [-0.39, 0.29) is 6.42 Å². The summed E-state index contributed by atoms with van der Waals surface area (Å²) in [6.07, 6.45) is 1.15. The van der Waals surface area contributed by atoms with E-state index >= 15 is 0 Å². The normalized spacial score (nSPS) is 12.5. The smallest absolute Gasteiger partial charge is 0.326 e. The fourth-order valence-electron chi connectivity index (χ4n) is 2.04. The van der Waals surface area contributed by atoms with Gasteiger partial charge in [0, 0.05) is 6.42 Å². The Hall–Kier alpha value is -2.95. The third-order valence-corrected chi connectivity index (χ3v) is 3.20. The molecule has 0 fully saturated rings. The topological polar surface area (TPSA) is 66.4 Å². The number of halogens is 1. The predicted molar refractivity (Wildman–Crippen MR) is 85.2 cm³/mol. The molecular formula is C18H16FNO3. The van der Waals surface area contributed by atoms with Crippen molar-refractivity contribution < 1.29 is 19.1 Å². The molecule has 2 aromatic rings. The minimum atomic E-state index is -1.21. The summed E-state index contributed by atoms with van der Waals surface area (Å²) in [4.78, 5) is 23.1. The molecule has 0 aliphatic rings. The zero-order valence-corrected chi connectivity index (χ0v) is 12.3. The van der Waals surface area contributed by atoms with Crippen molar-refractivity contribution >= 4 is 18.0 Å². The van der Waals surface area contributed by atoms with Crippen molar-refractivity contribution in [1.82, 2.24) is 5.32 Å². The van der Waals surface area contributed by atoms with E-state index in [9.17, 15) is 19.1 Å².